The molecular formula is C28H33FN2O. The minimum Gasteiger partial charge on any atom is -0.317 e. The van der Waals surface area contributed by atoms with E-state index < -0.39 is 5.54 Å². The number of hydrogen-bond acceptors (Lipinski definition) is 2. The fraction of sp³-hybridized carbons (Fsp3) is 0.429. The average molecular weight is 433 g/mol. The first-order chi connectivity index (χ1) is 15.4. The number of carbonyl (C=O) groups is 1. The summed E-state index contributed by atoms with van der Waals surface area (Å²) in [5.41, 5.74) is 2.65. The molecule has 0 bridgehead atoms. The Bertz CT molecular complexity index is 1070. The Hall–Kier alpha value is -2.75. The molecule has 4 rings (SSSR count). The summed E-state index contributed by atoms with van der Waals surface area (Å²) in [5.74, 6) is 2.06. The summed E-state index contributed by atoms with van der Waals surface area (Å²) < 4.78 is 15.9. The van der Waals surface area contributed by atoms with E-state index in [0.717, 1.165) is 28.9 Å². The number of nitrogens with zero attached hydrogens (tertiary/aromatic N) is 2. The Balaban J connectivity index is 1.59. The molecule has 0 radical (unpaired) electrons. The maximum atomic E-state index is 13.8. The Morgan fingerprint density at radius 3 is 2.56 bits per heavy atom. The quantitative estimate of drug-likeness (QED) is 0.346. The van der Waals surface area contributed by atoms with E-state index in [1.807, 2.05) is 36.7 Å². The van der Waals surface area contributed by atoms with Crippen LogP contribution in [0.4, 0.5) is 4.39 Å². The van der Waals surface area contributed by atoms with E-state index in [9.17, 15) is 9.18 Å². The number of Topliss-reactive ketones (excluding diaryl/α,β-unsaturated/α-hetero) is 1. The highest BCUT2D eigenvalue weighted by molar-refractivity contribution is 5.79. The number of benzene rings is 2. The molecule has 2 unspecified atom stereocenters. The van der Waals surface area contributed by atoms with Crippen LogP contribution in [0.1, 0.15) is 70.4 Å². The van der Waals surface area contributed by atoms with Gasteiger partial charge in [0.2, 0.25) is 0 Å². The monoisotopic (exact) mass is 432 g/mol. The molecule has 0 saturated carbocycles. The first-order valence-electron chi connectivity index (χ1n) is 11.8. The summed E-state index contributed by atoms with van der Waals surface area (Å²) in [5, 5.41) is 0. The van der Waals surface area contributed by atoms with Crippen molar-refractivity contribution in [1.29, 1.82) is 0 Å². The first-order valence-corrected chi connectivity index (χ1v) is 11.8. The van der Waals surface area contributed by atoms with Crippen molar-refractivity contribution < 1.29 is 9.18 Å². The molecule has 3 aromatic rings. The van der Waals surface area contributed by atoms with Gasteiger partial charge >= 0.3 is 0 Å². The molecule has 2 heterocycles. The molecule has 2 aromatic carbocycles. The van der Waals surface area contributed by atoms with Crippen LogP contribution in [0.2, 0.25) is 0 Å². The van der Waals surface area contributed by atoms with Crippen molar-refractivity contribution >= 4 is 5.78 Å². The third kappa shape index (κ3) is 4.28. The summed E-state index contributed by atoms with van der Waals surface area (Å²) >= 11 is 0. The lowest BCUT2D eigenvalue weighted by atomic mass is 9.78. The zero-order valence-electron chi connectivity index (χ0n) is 19.4. The number of fused-ring (bicyclic) bond motifs is 3. The second-order valence-electron chi connectivity index (χ2n) is 9.71. The van der Waals surface area contributed by atoms with E-state index in [1.54, 1.807) is 0 Å². The van der Waals surface area contributed by atoms with Gasteiger partial charge in [0.25, 0.3) is 0 Å². The molecule has 0 spiro atoms. The van der Waals surface area contributed by atoms with Crippen molar-refractivity contribution in [3.05, 3.63) is 77.9 Å². The van der Waals surface area contributed by atoms with Crippen LogP contribution in [0, 0.1) is 17.7 Å². The van der Waals surface area contributed by atoms with Gasteiger partial charge in [0.1, 0.15) is 17.4 Å². The molecule has 0 fully saturated rings. The van der Waals surface area contributed by atoms with Crippen LogP contribution >= 0.6 is 0 Å². The van der Waals surface area contributed by atoms with Gasteiger partial charge in [-0.1, -0.05) is 76.4 Å². The lowest BCUT2D eigenvalue weighted by Gasteiger charge is -2.33. The van der Waals surface area contributed by atoms with Crippen molar-refractivity contribution in [3.8, 4) is 11.4 Å². The topological polar surface area (TPSA) is 34.9 Å². The molecule has 4 heteroatoms. The molecular weight excluding hydrogens is 399 g/mol. The van der Waals surface area contributed by atoms with Crippen LogP contribution in [0.15, 0.2) is 60.9 Å². The maximum Gasteiger partial charge on any atom is 0.141 e. The van der Waals surface area contributed by atoms with Gasteiger partial charge in [0, 0.05) is 30.8 Å². The molecule has 1 aromatic heterocycles. The summed E-state index contributed by atoms with van der Waals surface area (Å²) in [6.45, 7) is 6.68. The van der Waals surface area contributed by atoms with Crippen molar-refractivity contribution in [2.24, 2.45) is 11.8 Å². The third-order valence-electron chi connectivity index (χ3n) is 6.81. The summed E-state index contributed by atoms with van der Waals surface area (Å²) in [6, 6.07) is 15.0. The molecule has 1 aliphatic rings. The molecule has 3 nitrogen and oxygen atoms in total. The highest BCUT2D eigenvalue weighted by atomic mass is 19.1. The largest absolute Gasteiger partial charge is 0.317 e. The minimum absolute atomic E-state index is 0.257. The number of aromatic nitrogens is 2. The summed E-state index contributed by atoms with van der Waals surface area (Å²) in [6.07, 6.45) is 9.02. The van der Waals surface area contributed by atoms with Crippen LogP contribution in [-0.4, -0.2) is 15.3 Å². The fourth-order valence-electron chi connectivity index (χ4n) is 5.19. The minimum atomic E-state index is -0.549. The van der Waals surface area contributed by atoms with Crippen LogP contribution in [-0.2, 0) is 10.3 Å². The first kappa shape index (κ1) is 22.4. The Morgan fingerprint density at radius 2 is 1.81 bits per heavy atom. The van der Waals surface area contributed by atoms with Gasteiger partial charge in [-0.2, -0.15) is 0 Å². The number of hydrogen-bond donors (Lipinski definition) is 0. The molecule has 0 aliphatic carbocycles. The van der Waals surface area contributed by atoms with Crippen molar-refractivity contribution in [1.82, 2.24) is 9.55 Å². The Morgan fingerprint density at radius 1 is 1.06 bits per heavy atom. The SMILES string of the molecule is CC(C)CCCC(C)CC(=O)CCC1(c2ccc(F)cc2)c2ccccc2-c2nccn21. The van der Waals surface area contributed by atoms with Gasteiger partial charge in [-0.3, -0.25) is 4.79 Å². The lowest BCUT2D eigenvalue weighted by molar-refractivity contribution is -0.120. The maximum absolute atomic E-state index is 13.8. The molecule has 32 heavy (non-hydrogen) atoms. The fourth-order valence-corrected chi connectivity index (χ4v) is 5.19. The van der Waals surface area contributed by atoms with Crippen LogP contribution in [0.5, 0.6) is 0 Å². The molecule has 0 saturated heterocycles. The highest BCUT2D eigenvalue weighted by Gasteiger charge is 2.44. The van der Waals surface area contributed by atoms with E-state index in [2.05, 4.69) is 42.5 Å². The van der Waals surface area contributed by atoms with E-state index >= 15 is 0 Å². The van der Waals surface area contributed by atoms with Crippen molar-refractivity contribution in [3.63, 3.8) is 0 Å². The molecule has 1 aliphatic heterocycles. The number of carbonyl (C=O) groups excluding carboxylic acids is 1. The summed E-state index contributed by atoms with van der Waals surface area (Å²) in [4.78, 5) is 17.6. The summed E-state index contributed by atoms with van der Waals surface area (Å²) in [7, 11) is 0. The molecule has 0 N–H and O–H groups in total. The normalized spacial score (nSPS) is 17.9. The molecule has 2 atom stereocenters. The van der Waals surface area contributed by atoms with Gasteiger partial charge < -0.3 is 4.57 Å². The standard InChI is InChI=1S/C28H33FN2O/c1-20(2)7-6-8-21(3)19-24(32)15-16-28(22-11-13-23(29)14-12-22)26-10-5-4-9-25(26)27-30-17-18-31(27)28/h4-5,9-14,17-18,20-21H,6-8,15-16,19H2,1-3H3. The predicted octanol–water partition coefficient (Wildman–Crippen LogP) is 7.00. The van der Waals surface area contributed by atoms with Crippen molar-refractivity contribution in [2.75, 3.05) is 0 Å². The number of ketones is 1. The second kappa shape index (κ2) is 9.40. The van der Waals surface area contributed by atoms with Gasteiger partial charge in [-0.15, -0.1) is 0 Å². The second-order valence-corrected chi connectivity index (χ2v) is 9.71. The third-order valence-corrected chi connectivity index (χ3v) is 6.81. The van der Waals surface area contributed by atoms with Gasteiger partial charge in [0.15, 0.2) is 0 Å². The predicted molar refractivity (Wildman–Crippen MR) is 127 cm³/mol. The number of halogens is 1. The van der Waals surface area contributed by atoms with E-state index in [-0.39, 0.29) is 5.82 Å². The van der Waals surface area contributed by atoms with Gasteiger partial charge in [0.05, 0.1) is 5.54 Å². The average Bonchev–Trinajstić information content (AvgIpc) is 3.34. The highest BCUT2D eigenvalue weighted by Crippen LogP contribution is 2.49. The van der Waals surface area contributed by atoms with Gasteiger partial charge in [-0.25, -0.2) is 9.37 Å². The Kier molecular flexibility index (Phi) is 6.59. The van der Waals surface area contributed by atoms with Crippen molar-refractivity contribution in [2.45, 2.75) is 64.8 Å². The van der Waals surface area contributed by atoms with Crippen LogP contribution < -0.4 is 0 Å². The van der Waals surface area contributed by atoms with E-state index in [1.165, 1.54) is 25.0 Å². The zero-order chi connectivity index (χ0) is 22.7. The zero-order valence-corrected chi connectivity index (χ0v) is 19.4. The molecule has 168 valence electrons. The number of rotatable bonds is 10. The van der Waals surface area contributed by atoms with E-state index in [0.29, 0.717) is 36.9 Å². The number of imidazole rings is 1. The lowest BCUT2D eigenvalue weighted by Crippen LogP contribution is -2.34. The van der Waals surface area contributed by atoms with Crippen LogP contribution in [0.3, 0.4) is 0 Å². The molecule has 0 amide bonds. The van der Waals surface area contributed by atoms with Gasteiger partial charge in [-0.05, 0) is 41.5 Å². The van der Waals surface area contributed by atoms with E-state index in [4.69, 9.17) is 0 Å². The Labute approximate surface area is 190 Å². The smallest absolute Gasteiger partial charge is 0.141 e. The van der Waals surface area contributed by atoms with Crippen LogP contribution in [0.25, 0.3) is 11.4 Å².